The number of anilines is 1. The van der Waals surface area contributed by atoms with Crippen LogP contribution in [0.2, 0.25) is 0 Å². The van der Waals surface area contributed by atoms with E-state index in [1.807, 2.05) is 30.3 Å². The largest absolute Gasteiger partial charge is 0.493 e. The molecule has 0 unspecified atom stereocenters. The number of carbonyl (C=O) groups excluding carboxylic acids is 1. The molecule has 2 N–H and O–H groups in total. The van der Waals surface area contributed by atoms with Crippen molar-refractivity contribution in [1.82, 2.24) is 5.32 Å². The van der Waals surface area contributed by atoms with Crippen LogP contribution in [0.3, 0.4) is 0 Å². The van der Waals surface area contributed by atoms with Crippen molar-refractivity contribution in [2.45, 2.75) is 13.0 Å². The van der Waals surface area contributed by atoms with Gasteiger partial charge in [-0.25, -0.2) is 0 Å². The number of rotatable bonds is 5. The van der Waals surface area contributed by atoms with Crippen molar-refractivity contribution in [2.75, 3.05) is 32.7 Å². The molecule has 0 atom stereocenters. The van der Waals surface area contributed by atoms with Crippen molar-refractivity contribution >= 4 is 11.6 Å². The molecule has 132 valence electrons. The van der Waals surface area contributed by atoms with Crippen LogP contribution in [0.1, 0.15) is 11.1 Å². The van der Waals surface area contributed by atoms with E-state index >= 15 is 0 Å². The molecule has 0 radical (unpaired) electrons. The van der Waals surface area contributed by atoms with Gasteiger partial charge < -0.3 is 24.8 Å². The van der Waals surface area contributed by atoms with Crippen LogP contribution in [-0.2, 0) is 17.8 Å². The maximum absolute atomic E-state index is 12.3. The molecular formula is C19H22N2O4. The summed E-state index contributed by atoms with van der Waals surface area (Å²) in [5.41, 5.74) is 2.66. The number of methoxy groups -OCH3 is 2. The van der Waals surface area contributed by atoms with Crippen LogP contribution in [0, 0.1) is 0 Å². The second-order valence-corrected chi connectivity index (χ2v) is 5.76. The standard InChI is InChI=1S/C19H22N2O4/c1-23-17-5-3-13(9-18(17)24-2)10-19(22)21-15-4-6-16-14(11-15)12-20-7-8-25-16/h3-6,9,11,20H,7-8,10,12H2,1-2H3,(H,21,22). The summed E-state index contributed by atoms with van der Waals surface area (Å²) in [6.07, 6.45) is 0.256. The maximum Gasteiger partial charge on any atom is 0.228 e. The first kappa shape index (κ1) is 17.1. The normalized spacial score (nSPS) is 13.2. The predicted molar refractivity (Wildman–Crippen MR) is 95.5 cm³/mol. The van der Waals surface area contributed by atoms with Crippen LogP contribution in [0.5, 0.6) is 17.2 Å². The maximum atomic E-state index is 12.3. The molecule has 2 aromatic rings. The Morgan fingerprint density at radius 3 is 2.80 bits per heavy atom. The molecule has 6 heteroatoms. The fourth-order valence-electron chi connectivity index (χ4n) is 2.77. The van der Waals surface area contributed by atoms with E-state index in [2.05, 4.69) is 10.6 Å². The quantitative estimate of drug-likeness (QED) is 0.873. The topological polar surface area (TPSA) is 68.8 Å². The lowest BCUT2D eigenvalue weighted by molar-refractivity contribution is -0.115. The van der Waals surface area contributed by atoms with Crippen LogP contribution in [0.4, 0.5) is 5.69 Å². The zero-order chi connectivity index (χ0) is 17.6. The molecule has 1 aliphatic heterocycles. The van der Waals surface area contributed by atoms with E-state index in [9.17, 15) is 4.79 Å². The van der Waals surface area contributed by atoms with Crippen LogP contribution >= 0.6 is 0 Å². The van der Waals surface area contributed by atoms with Crippen LogP contribution < -0.4 is 24.8 Å². The lowest BCUT2D eigenvalue weighted by Gasteiger charge is -2.11. The molecule has 1 amide bonds. The number of hydrogen-bond donors (Lipinski definition) is 2. The molecule has 0 saturated heterocycles. The Bertz CT molecular complexity index is 761. The second kappa shape index (κ2) is 7.90. The fourth-order valence-corrected chi connectivity index (χ4v) is 2.77. The van der Waals surface area contributed by atoms with E-state index in [1.54, 1.807) is 20.3 Å². The summed E-state index contributed by atoms with van der Waals surface area (Å²) in [5.74, 6) is 2.03. The van der Waals surface area contributed by atoms with E-state index in [-0.39, 0.29) is 12.3 Å². The number of fused-ring (bicyclic) bond motifs is 1. The van der Waals surface area contributed by atoms with Gasteiger partial charge in [-0.2, -0.15) is 0 Å². The Hall–Kier alpha value is -2.73. The molecule has 0 fully saturated rings. The smallest absolute Gasteiger partial charge is 0.228 e. The Morgan fingerprint density at radius 1 is 1.16 bits per heavy atom. The highest BCUT2D eigenvalue weighted by Gasteiger charge is 2.12. The van der Waals surface area contributed by atoms with Crippen LogP contribution in [0.15, 0.2) is 36.4 Å². The summed E-state index contributed by atoms with van der Waals surface area (Å²) in [5, 5.41) is 6.22. The minimum absolute atomic E-state index is 0.0883. The average molecular weight is 342 g/mol. The molecule has 1 heterocycles. The van der Waals surface area contributed by atoms with Gasteiger partial charge in [0.2, 0.25) is 5.91 Å². The zero-order valence-electron chi connectivity index (χ0n) is 14.4. The number of carbonyl (C=O) groups is 1. The molecular weight excluding hydrogens is 320 g/mol. The Morgan fingerprint density at radius 2 is 2.00 bits per heavy atom. The van der Waals surface area contributed by atoms with Crippen molar-refractivity contribution in [2.24, 2.45) is 0 Å². The first-order chi connectivity index (χ1) is 12.2. The van der Waals surface area contributed by atoms with Gasteiger partial charge in [-0.05, 0) is 35.9 Å². The average Bonchev–Trinajstić information content (AvgIpc) is 2.86. The first-order valence-corrected chi connectivity index (χ1v) is 8.17. The molecule has 6 nitrogen and oxygen atoms in total. The van der Waals surface area contributed by atoms with Crippen molar-refractivity contribution < 1.29 is 19.0 Å². The molecule has 1 aliphatic rings. The highest BCUT2D eigenvalue weighted by Crippen LogP contribution is 2.28. The van der Waals surface area contributed by atoms with Gasteiger partial charge in [0.15, 0.2) is 11.5 Å². The monoisotopic (exact) mass is 342 g/mol. The van der Waals surface area contributed by atoms with Crippen molar-refractivity contribution in [3.05, 3.63) is 47.5 Å². The Labute approximate surface area is 147 Å². The van der Waals surface area contributed by atoms with E-state index in [0.717, 1.165) is 35.7 Å². The van der Waals surface area contributed by atoms with E-state index in [0.29, 0.717) is 18.1 Å². The minimum atomic E-state index is -0.0883. The van der Waals surface area contributed by atoms with E-state index in [4.69, 9.17) is 14.2 Å². The van der Waals surface area contributed by atoms with Crippen molar-refractivity contribution in [3.63, 3.8) is 0 Å². The fraction of sp³-hybridized carbons (Fsp3) is 0.316. The van der Waals surface area contributed by atoms with Gasteiger partial charge in [-0.15, -0.1) is 0 Å². The highest BCUT2D eigenvalue weighted by atomic mass is 16.5. The van der Waals surface area contributed by atoms with Gasteiger partial charge in [-0.3, -0.25) is 4.79 Å². The number of nitrogens with one attached hydrogen (secondary N) is 2. The van der Waals surface area contributed by atoms with Gasteiger partial charge in [0.25, 0.3) is 0 Å². The molecule has 3 rings (SSSR count). The Kier molecular flexibility index (Phi) is 5.40. The highest BCUT2D eigenvalue weighted by molar-refractivity contribution is 5.92. The lowest BCUT2D eigenvalue weighted by Crippen LogP contribution is -2.16. The molecule has 2 aromatic carbocycles. The van der Waals surface area contributed by atoms with Gasteiger partial charge in [0.05, 0.1) is 20.6 Å². The second-order valence-electron chi connectivity index (χ2n) is 5.76. The number of ether oxygens (including phenoxy) is 3. The van der Waals surface area contributed by atoms with Gasteiger partial charge in [0.1, 0.15) is 12.4 Å². The number of benzene rings is 2. The first-order valence-electron chi connectivity index (χ1n) is 8.17. The molecule has 25 heavy (non-hydrogen) atoms. The third kappa shape index (κ3) is 4.22. The SMILES string of the molecule is COc1ccc(CC(=O)Nc2ccc3c(c2)CNCCO3)cc1OC. The van der Waals surface area contributed by atoms with E-state index in [1.165, 1.54) is 0 Å². The van der Waals surface area contributed by atoms with Crippen molar-refractivity contribution in [1.29, 1.82) is 0 Å². The molecule has 0 spiro atoms. The van der Waals surface area contributed by atoms with Crippen LogP contribution in [0.25, 0.3) is 0 Å². The van der Waals surface area contributed by atoms with Gasteiger partial charge >= 0.3 is 0 Å². The summed E-state index contributed by atoms with van der Waals surface area (Å²) in [6.45, 7) is 2.20. The van der Waals surface area contributed by atoms with E-state index < -0.39 is 0 Å². The number of amides is 1. The molecule has 0 aliphatic carbocycles. The summed E-state index contributed by atoms with van der Waals surface area (Å²) in [4.78, 5) is 12.3. The zero-order valence-corrected chi connectivity index (χ0v) is 14.4. The lowest BCUT2D eigenvalue weighted by atomic mass is 10.1. The van der Waals surface area contributed by atoms with Gasteiger partial charge in [-0.1, -0.05) is 6.07 Å². The minimum Gasteiger partial charge on any atom is -0.493 e. The summed E-state index contributed by atoms with van der Waals surface area (Å²) in [6, 6.07) is 11.2. The number of hydrogen-bond acceptors (Lipinski definition) is 5. The summed E-state index contributed by atoms with van der Waals surface area (Å²) >= 11 is 0. The molecule has 0 saturated carbocycles. The molecule has 0 bridgehead atoms. The summed E-state index contributed by atoms with van der Waals surface area (Å²) in [7, 11) is 3.16. The van der Waals surface area contributed by atoms with Crippen molar-refractivity contribution in [3.8, 4) is 17.2 Å². The predicted octanol–water partition coefficient (Wildman–Crippen LogP) is 2.37. The summed E-state index contributed by atoms with van der Waals surface area (Å²) < 4.78 is 16.1. The van der Waals surface area contributed by atoms with Crippen LogP contribution in [-0.4, -0.2) is 33.3 Å². The van der Waals surface area contributed by atoms with Gasteiger partial charge in [0, 0.05) is 24.3 Å². The third-order valence-corrected chi connectivity index (χ3v) is 4.01. The Balaban J connectivity index is 1.67. The molecule has 0 aromatic heterocycles. The third-order valence-electron chi connectivity index (χ3n) is 4.01.